The summed E-state index contributed by atoms with van der Waals surface area (Å²) in [5.74, 6) is -2.46. The molecule has 7 N–H and O–H groups in total. The van der Waals surface area contributed by atoms with Gasteiger partial charge in [0.25, 0.3) is 11.5 Å². The zero-order valence-electron chi connectivity index (χ0n) is 18.9. The molecular weight excluding hydrogens is 520 g/mol. The van der Waals surface area contributed by atoms with Gasteiger partial charge in [-0.05, 0) is 6.08 Å². The number of ether oxygens (including phenoxy) is 4. The molecule has 0 unspecified atom stereocenters. The molecule has 4 rings (SSSR count). The van der Waals surface area contributed by atoms with E-state index < -0.39 is 78.0 Å². The molecule has 1 fully saturated rings. The number of primary amides is 1. The van der Waals surface area contributed by atoms with Gasteiger partial charge in [0.15, 0.2) is 18.1 Å². The summed E-state index contributed by atoms with van der Waals surface area (Å²) in [4.78, 5) is 50.5. The molecule has 0 aliphatic carbocycles. The molecule has 17 nitrogen and oxygen atoms in total. The molecule has 0 saturated carbocycles. The number of nitrogens with one attached hydrogen (secondary N) is 2. The van der Waals surface area contributed by atoms with Crippen molar-refractivity contribution in [1.82, 2.24) is 19.7 Å². The highest BCUT2D eigenvalue weighted by molar-refractivity contribution is 7.13. The third kappa shape index (κ3) is 5.44. The molecule has 37 heavy (non-hydrogen) atoms. The number of hydrogen-bond donors (Lipinski definition) is 6. The van der Waals surface area contributed by atoms with E-state index in [0.29, 0.717) is 0 Å². The van der Waals surface area contributed by atoms with E-state index in [1.807, 2.05) is 4.98 Å². The van der Waals surface area contributed by atoms with Crippen LogP contribution in [0, 0.1) is 0 Å². The van der Waals surface area contributed by atoms with Crippen molar-refractivity contribution in [3.63, 3.8) is 0 Å². The van der Waals surface area contributed by atoms with Gasteiger partial charge in [-0.1, -0.05) is 11.3 Å². The van der Waals surface area contributed by atoms with Crippen molar-refractivity contribution in [1.29, 1.82) is 0 Å². The molecule has 0 spiro atoms. The van der Waals surface area contributed by atoms with Crippen molar-refractivity contribution >= 4 is 28.3 Å². The second-order valence-electron chi connectivity index (χ2n) is 7.85. The number of methoxy groups -OCH3 is 1. The van der Waals surface area contributed by atoms with E-state index in [1.165, 1.54) is 12.6 Å². The van der Waals surface area contributed by atoms with E-state index in [1.54, 1.807) is 0 Å². The third-order valence-electron chi connectivity index (χ3n) is 5.50. The Morgan fingerprint density at radius 3 is 2.68 bits per heavy atom. The highest BCUT2D eigenvalue weighted by Crippen LogP contribution is 2.34. The molecule has 2 amide bonds. The van der Waals surface area contributed by atoms with E-state index in [2.05, 4.69) is 15.5 Å². The standard InChI is InChI=1S/C19H22N6O11S/c1-33-11-10(29)16(25-3-2-8(27)22-19(25)32)35-12(11)13(14(20)30)36-17-9(28)6(26)4-7(34-17)15(31)23-18-24-21-5-37-18/h2-6,9-13,16-17,26,28-29H,1H3,(H2,20,30)(H,22,27,32)(H,23,24,31)/t6-,9-,10+,11-,12-,13+,16+,17+/m0/s1. The summed E-state index contributed by atoms with van der Waals surface area (Å²) in [7, 11) is 1.19. The van der Waals surface area contributed by atoms with Gasteiger partial charge >= 0.3 is 5.69 Å². The molecule has 2 aliphatic heterocycles. The number of rotatable bonds is 8. The van der Waals surface area contributed by atoms with Crippen molar-refractivity contribution < 1.29 is 43.9 Å². The summed E-state index contributed by atoms with van der Waals surface area (Å²) in [5.41, 5.74) is 5.26. The maximum atomic E-state index is 12.5. The average molecular weight is 542 g/mol. The Morgan fingerprint density at radius 1 is 1.30 bits per heavy atom. The Labute approximate surface area is 210 Å². The van der Waals surface area contributed by atoms with Gasteiger partial charge in [-0.25, -0.2) is 4.79 Å². The van der Waals surface area contributed by atoms with Crippen LogP contribution in [0.5, 0.6) is 0 Å². The number of amides is 2. The fourth-order valence-electron chi connectivity index (χ4n) is 3.77. The lowest BCUT2D eigenvalue weighted by molar-refractivity contribution is -0.241. The molecule has 4 heterocycles. The minimum absolute atomic E-state index is 0.127. The predicted molar refractivity (Wildman–Crippen MR) is 120 cm³/mol. The summed E-state index contributed by atoms with van der Waals surface area (Å²) < 4.78 is 22.7. The van der Waals surface area contributed by atoms with Crippen LogP contribution >= 0.6 is 11.3 Å². The normalized spacial score (nSPS) is 30.3. The maximum Gasteiger partial charge on any atom is 0.330 e. The average Bonchev–Trinajstić information content (AvgIpc) is 3.47. The summed E-state index contributed by atoms with van der Waals surface area (Å²) in [5, 5.41) is 41.1. The number of carbonyl (C=O) groups excluding carboxylic acids is 2. The topological polar surface area (TPSA) is 250 Å². The summed E-state index contributed by atoms with van der Waals surface area (Å²) in [6.45, 7) is 0. The monoisotopic (exact) mass is 542 g/mol. The highest BCUT2D eigenvalue weighted by atomic mass is 32.1. The van der Waals surface area contributed by atoms with Crippen LogP contribution in [-0.2, 0) is 28.5 Å². The van der Waals surface area contributed by atoms with Crippen LogP contribution in [0.1, 0.15) is 6.23 Å². The Bertz CT molecular complexity index is 1280. The molecule has 200 valence electrons. The number of anilines is 1. The van der Waals surface area contributed by atoms with Gasteiger partial charge in [0.2, 0.25) is 17.3 Å². The number of aliphatic hydroxyl groups is 3. The number of aromatic amines is 1. The minimum atomic E-state index is -1.80. The largest absolute Gasteiger partial charge is 0.456 e. The molecule has 2 aromatic rings. The molecule has 1 saturated heterocycles. The lowest BCUT2D eigenvalue weighted by Gasteiger charge is -2.34. The number of nitrogens with two attached hydrogens (primary N) is 1. The van der Waals surface area contributed by atoms with Crippen molar-refractivity contribution in [3.8, 4) is 0 Å². The van der Waals surface area contributed by atoms with Crippen molar-refractivity contribution in [3.05, 3.63) is 50.4 Å². The van der Waals surface area contributed by atoms with Crippen LogP contribution in [0.2, 0.25) is 0 Å². The van der Waals surface area contributed by atoms with Gasteiger partial charge < -0.3 is 40.0 Å². The quantitative estimate of drug-likeness (QED) is 0.187. The van der Waals surface area contributed by atoms with Crippen LogP contribution in [0.25, 0.3) is 0 Å². The summed E-state index contributed by atoms with van der Waals surface area (Å²) in [6.07, 6.45) is -10.7. The van der Waals surface area contributed by atoms with Crippen molar-refractivity contribution in [2.24, 2.45) is 5.73 Å². The Balaban J connectivity index is 1.55. The second-order valence-corrected chi connectivity index (χ2v) is 8.69. The van der Waals surface area contributed by atoms with Crippen LogP contribution in [0.3, 0.4) is 0 Å². The minimum Gasteiger partial charge on any atom is -0.456 e. The first-order valence-corrected chi connectivity index (χ1v) is 11.4. The fourth-order valence-corrected chi connectivity index (χ4v) is 4.21. The second kappa shape index (κ2) is 10.8. The van der Waals surface area contributed by atoms with Crippen molar-refractivity contribution in [2.45, 2.75) is 49.1 Å². The SMILES string of the molecule is CO[C@H]1[C@@H](O)[C@H](n2ccc(=O)[nH]c2=O)O[C@@H]1[C@@H](O[C@H]1OC(C(=O)Nc2nncs2)=C[C@H](O)[C@@H]1O)C(N)=O. The summed E-state index contributed by atoms with van der Waals surface area (Å²) >= 11 is 1.01. The molecule has 0 aromatic carbocycles. The van der Waals surface area contributed by atoms with Gasteiger partial charge in [-0.15, -0.1) is 10.2 Å². The smallest absolute Gasteiger partial charge is 0.330 e. The third-order valence-corrected chi connectivity index (χ3v) is 6.11. The van der Waals surface area contributed by atoms with Crippen LogP contribution in [0.4, 0.5) is 5.13 Å². The summed E-state index contributed by atoms with van der Waals surface area (Å²) in [6, 6.07) is 1.02. The molecule has 0 bridgehead atoms. The van der Waals surface area contributed by atoms with E-state index in [4.69, 9.17) is 24.7 Å². The van der Waals surface area contributed by atoms with Gasteiger partial charge in [-0.2, -0.15) is 0 Å². The number of nitrogens with zero attached hydrogens (tertiary/aromatic N) is 3. The number of aliphatic hydroxyl groups excluding tert-OH is 3. The number of carbonyl (C=O) groups is 2. The number of H-pyrrole nitrogens is 1. The van der Waals surface area contributed by atoms with Crippen LogP contribution < -0.4 is 22.3 Å². The molecule has 2 aromatic heterocycles. The van der Waals surface area contributed by atoms with Gasteiger partial charge in [0, 0.05) is 19.4 Å². The van der Waals surface area contributed by atoms with Gasteiger partial charge in [0.1, 0.15) is 36.0 Å². The van der Waals surface area contributed by atoms with Crippen LogP contribution in [0.15, 0.2) is 39.2 Å². The number of aromatic nitrogens is 4. The van der Waals surface area contributed by atoms with Crippen LogP contribution in [-0.4, -0.2) is 96.9 Å². The molecule has 8 atom stereocenters. The highest BCUT2D eigenvalue weighted by Gasteiger charge is 2.52. The van der Waals surface area contributed by atoms with Crippen molar-refractivity contribution in [2.75, 3.05) is 12.4 Å². The van der Waals surface area contributed by atoms with E-state index in [-0.39, 0.29) is 5.13 Å². The molecule has 18 heteroatoms. The first-order chi connectivity index (χ1) is 17.6. The Kier molecular flexibility index (Phi) is 7.78. The zero-order valence-corrected chi connectivity index (χ0v) is 19.7. The van der Waals surface area contributed by atoms with Gasteiger partial charge in [-0.3, -0.25) is 29.3 Å². The van der Waals surface area contributed by atoms with E-state index in [0.717, 1.165) is 34.2 Å². The molecular formula is C19H22N6O11S. The predicted octanol–water partition coefficient (Wildman–Crippen LogP) is -3.87. The Hall–Kier alpha value is -3.52. The van der Waals surface area contributed by atoms with E-state index in [9.17, 15) is 34.5 Å². The fraction of sp³-hybridized carbons (Fsp3) is 0.474. The molecule has 2 aliphatic rings. The Morgan fingerprint density at radius 2 is 2.05 bits per heavy atom. The zero-order chi connectivity index (χ0) is 26.9. The van der Waals surface area contributed by atoms with E-state index >= 15 is 0 Å². The first kappa shape index (κ1) is 26.5. The van der Waals surface area contributed by atoms with Gasteiger partial charge in [0.05, 0.1) is 0 Å². The number of hydrogen-bond acceptors (Lipinski definition) is 14. The lowest BCUT2D eigenvalue weighted by Crippen LogP contribution is -2.53. The first-order valence-electron chi connectivity index (χ1n) is 10.6. The lowest BCUT2D eigenvalue weighted by atomic mass is 10.0. The molecule has 0 radical (unpaired) electrons. The maximum absolute atomic E-state index is 12.5.